The van der Waals surface area contributed by atoms with Crippen molar-refractivity contribution in [2.45, 2.75) is 29.2 Å². The third-order valence-electron chi connectivity index (χ3n) is 6.82. The molecule has 0 spiro atoms. The lowest BCUT2D eigenvalue weighted by molar-refractivity contribution is -0.121. The molecule has 0 aliphatic carbocycles. The van der Waals surface area contributed by atoms with Crippen molar-refractivity contribution in [1.82, 2.24) is 9.47 Å². The van der Waals surface area contributed by atoms with Gasteiger partial charge in [0.05, 0.1) is 18.9 Å². The van der Waals surface area contributed by atoms with Crippen molar-refractivity contribution < 1.29 is 14.3 Å². The molecule has 0 bridgehead atoms. The number of aromatic nitrogens is 1. The van der Waals surface area contributed by atoms with Gasteiger partial charge >= 0.3 is 0 Å². The molecule has 170 valence electrons. The highest BCUT2D eigenvalue weighted by atomic mass is 32.2. The number of anilines is 2. The van der Waals surface area contributed by atoms with E-state index in [9.17, 15) is 9.59 Å². The fourth-order valence-electron chi connectivity index (χ4n) is 5.07. The number of nitrogens with one attached hydrogen (secondary N) is 1. The van der Waals surface area contributed by atoms with E-state index in [0.29, 0.717) is 12.8 Å². The van der Waals surface area contributed by atoms with Crippen LogP contribution in [0.2, 0.25) is 0 Å². The lowest BCUT2D eigenvalue weighted by Gasteiger charge is -2.29. The summed E-state index contributed by atoms with van der Waals surface area (Å²) in [6.45, 7) is 5.50. The normalized spacial score (nSPS) is 22.5. The summed E-state index contributed by atoms with van der Waals surface area (Å²) < 4.78 is 7.69. The van der Waals surface area contributed by atoms with Crippen LogP contribution >= 0.6 is 11.8 Å². The Morgan fingerprint density at radius 2 is 1.94 bits per heavy atom. The van der Waals surface area contributed by atoms with Crippen LogP contribution in [0.25, 0.3) is 10.9 Å². The van der Waals surface area contributed by atoms with Crippen molar-refractivity contribution in [3.63, 3.8) is 0 Å². The van der Waals surface area contributed by atoms with Crippen LogP contribution < -0.4 is 10.2 Å². The minimum atomic E-state index is -0.903. The summed E-state index contributed by atoms with van der Waals surface area (Å²) in [6.07, 6.45) is 3.01. The SMILES string of the molecule is O=C1CCC2(C(=O)Nc3ccc4c(ccn4CCN4CCOCC4)c3)Sc3ccccc3N12. The Hall–Kier alpha value is -2.81. The molecule has 1 atom stereocenters. The topological polar surface area (TPSA) is 66.8 Å². The van der Waals surface area contributed by atoms with E-state index in [0.717, 1.165) is 66.6 Å². The summed E-state index contributed by atoms with van der Waals surface area (Å²) in [7, 11) is 0. The molecule has 2 amide bonds. The number of morpholine rings is 1. The number of thioether (sulfide) groups is 1. The van der Waals surface area contributed by atoms with Gasteiger partial charge in [0.2, 0.25) is 5.91 Å². The highest BCUT2D eigenvalue weighted by Crippen LogP contribution is 2.56. The number of amides is 2. The molecule has 3 aliphatic heterocycles. The van der Waals surface area contributed by atoms with Crippen LogP contribution in [0, 0.1) is 0 Å². The van der Waals surface area contributed by atoms with Crippen molar-refractivity contribution in [2.24, 2.45) is 0 Å². The van der Waals surface area contributed by atoms with Gasteiger partial charge in [-0.3, -0.25) is 19.4 Å². The van der Waals surface area contributed by atoms with Crippen LogP contribution in [0.3, 0.4) is 0 Å². The molecule has 1 N–H and O–H groups in total. The Morgan fingerprint density at radius 3 is 2.82 bits per heavy atom. The number of rotatable bonds is 5. The monoisotopic (exact) mass is 462 g/mol. The number of para-hydroxylation sites is 1. The molecule has 6 rings (SSSR count). The van der Waals surface area contributed by atoms with E-state index in [1.807, 2.05) is 36.4 Å². The first kappa shape index (κ1) is 20.8. The van der Waals surface area contributed by atoms with Crippen LogP contribution in [-0.2, 0) is 20.9 Å². The van der Waals surface area contributed by atoms with Gasteiger partial charge in [-0.25, -0.2) is 0 Å². The van der Waals surface area contributed by atoms with E-state index in [1.54, 1.807) is 4.90 Å². The standard InChI is InChI=1S/C25H26N4O3S/c30-23-7-9-25(29(23)21-3-1-2-4-22(21)33-25)24(31)26-19-5-6-20-18(17-19)8-10-28(20)12-11-27-13-15-32-16-14-27/h1-6,8,10,17H,7,9,11-16H2,(H,26,31). The first-order chi connectivity index (χ1) is 16.1. The number of hydrogen-bond donors (Lipinski definition) is 1. The molecule has 8 heteroatoms. The Labute approximate surface area is 196 Å². The van der Waals surface area contributed by atoms with Gasteiger partial charge in [-0.15, -0.1) is 0 Å². The fraction of sp³-hybridized carbons (Fsp3) is 0.360. The number of carbonyl (C=O) groups excluding carboxylic acids is 2. The third kappa shape index (κ3) is 3.53. The van der Waals surface area contributed by atoms with Gasteiger partial charge in [-0.2, -0.15) is 0 Å². The highest BCUT2D eigenvalue weighted by Gasteiger charge is 2.57. The average molecular weight is 463 g/mol. The van der Waals surface area contributed by atoms with Crippen LogP contribution in [0.5, 0.6) is 0 Å². The van der Waals surface area contributed by atoms with Crippen molar-refractivity contribution in [2.75, 3.05) is 43.1 Å². The Morgan fingerprint density at radius 1 is 1.09 bits per heavy atom. The van der Waals surface area contributed by atoms with Crippen LogP contribution in [-0.4, -0.2) is 59.0 Å². The molecule has 0 radical (unpaired) electrons. The molecular weight excluding hydrogens is 436 g/mol. The highest BCUT2D eigenvalue weighted by molar-refractivity contribution is 8.02. The number of nitrogens with zero attached hydrogens (tertiary/aromatic N) is 3. The molecule has 4 heterocycles. The van der Waals surface area contributed by atoms with Crippen molar-refractivity contribution in [1.29, 1.82) is 0 Å². The average Bonchev–Trinajstić information content (AvgIpc) is 3.50. The van der Waals surface area contributed by atoms with Gasteiger partial charge in [-0.05, 0) is 42.8 Å². The lowest BCUT2D eigenvalue weighted by atomic mass is 10.1. The predicted molar refractivity (Wildman–Crippen MR) is 130 cm³/mol. The van der Waals surface area contributed by atoms with E-state index in [2.05, 4.69) is 33.1 Å². The second-order valence-electron chi connectivity index (χ2n) is 8.77. The molecule has 2 fully saturated rings. The lowest BCUT2D eigenvalue weighted by Crippen LogP contribution is -2.49. The zero-order valence-corrected chi connectivity index (χ0v) is 19.1. The quantitative estimate of drug-likeness (QED) is 0.628. The van der Waals surface area contributed by atoms with E-state index < -0.39 is 4.87 Å². The fourth-order valence-corrected chi connectivity index (χ4v) is 6.49. The maximum atomic E-state index is 13.5. The van der Waals surface area contributed by atoms with E-state index in [1.165, 1.54) is 11.8 Å². The van der Waals surface area contributed by atoms with E-state index in [4.69, 9.17) is 4.74 Å². The van der Waals surface area contributed by atoms with Crippen LogP contribution in [0.15, 0.2) is 59.6 Å². The van der Waals surface area contributed by atoms with E-state index >= 15 is 0 Å². The van der Waals surface area contributed by atoms with Crippen LogP contribution in [0.4, 0.5) is 11.4 Å². The van der Waals surface area contributed by atoms with Gasteiger partial charge < -0.3 is 14.6 Å². The zero-order valence-electron chi connectivity index (χ0n) is 18.3. The molecule has 1 aromatic heterocycles. The smallest absolute Gasteiger partial charge is 0.261 e. The molecule has 3 aliphatic rings. The van der Waals surface area contributed by atoms with Gasteiger partial charge in [0.1, 0.15) is 0 Å². The molecule has 3 aromatic rings. The largest absolute Gasteiger partial charge is 0.379 e. The summed E-state index contributed by atoms with van der Waals surface area (Å²) in [5.41, 5.74) is 2.75. The zero-order chi connectivity index (χ0) is 22.4. The second-order valence-corrected chi connectivity index (χ2v) is 10.1. The second kappa shape index (κ2) is 8.20. The minimum absolute atomic E-state index is 0.00963. The summed E-state index contributed by atoms with van der Waals surface area (Å²) in [5, 5.41) is 4.19. The molecule has 2 aromatic carbocycles. The minimum Gasteiger partial charge on any atom is -0.379 e. The van der Waals surface area contributed by atoms with Gasteiger partial charge in [0, 0.05) is 60.3 Å². The van der Waals surface area contributed by atoms with Gasteiger partial charge in [0.25, 0.3) is 5.91 Å². The predicted octanol–water partition coefficient (Wildman–Crippen LogP) is 3.54. The molecule has 1 unspecified atom stereocenters. The summed E-state index contributed by atoms with van der Waals surface area (Å²) in [5.74, 6) is -0.129. The summed E-state index contributed by atoms with van der Waals surface area (Å²) >= 11 is 1.49. The maximum absolute atomic E-state index is 13.5. The Kier molecular flexibility index (Phi) is 5.16. The maximum Gasteiger partial charge on any atom is 0.261 e. The number of hydrogen-bond acceptors (Lipinski definition) is 5. The number of ether oxygens (including phenoxy) is 1. The van der Waals surface area contributed by atoms with Gasteiger partial charge in [0.15, 0.2) is 4.87 Å². The molecule has 0 saturated carbocycles. The van der Waals surface area contributed by atoms with E-state index in [-0.39, 0.29) is 11.8 Å². The molecule has 33 heavy (non-hydrogen) atoms. The number of fused-ring (bicyclic) bond motifs is 4. The first-order valence-electron chi connectivity index (χ1n) is 11.5. The number of carbonyl (C=O) groups is 2. The van der Waals surface area contributed by atoms with Crippen molar-refractivity contribution >= 4 is 45.9 Å². The Bertz CT molecular complexity index is 1240. The Balaban J connectivity index is 1.20. The molecule has 2 saturated heterocycles. The first-order valence-corrected chi connectivity index (χ1v) is 12.3. The number of benzene rings is 2. The van der Waals surface area contributed by atoms with Crippen LogP contribution in [0.1, 0.15) is 12.8 Å². The molecular formula is C25H26N4O3S. The molecule has 7 nitrogen and oxygen atoms in total. The summed E-state index contributed by atoms with van der Waals surface area (Å²) in [6, 6.07) is 15.9. The van der Waals surface area contributed by atoms with Crippen molar-refractivity contribution in [3.05, 3.63) is 54.7 Å². The van der Waals surface area contributed by atoms with Crippen molar-refractivity contribution in [3.8, 4) is 0 Å². The van der Waals surface area contributed by atoms with Gasteiger partial charge in [-0.1, -0.05) is 23.9 Å². The summed E-state index contributed by atoms with van der Waals surface area (Å²) in [4.78, 5) is 30.4. The third-order valence-corrected chi connectivity index (χ3v) is 8.29.